The van der Waals surface area contributed by atoms with Gasteiger partial charge in [-0.3, -0.25) is 4.79 Å². The lowest BCUT2D eigenvalue weighted by molar-refractivity contribution is -0.138. The molecule has 0 bridgehead atoms. The van der Waals surface area contributed by atoms with Crippen LogP contribution in [0, 0.1) is 11.7 Å². The van der Waals surface area contributed by atoms with Gasteiger partial charge in [0.05, 0.1) is 5.56 Å². The molecule has 2 saturated heterocycles. The highest BCUT2D eigenvalue weighted by molar-refractivity contribution is 5.89. The van der Waals surface area contributed by atoms with E-state index in [-0.39, 0.29) is 17.5 Å². The van der Waals surface area contributed by atoms with Gasteiger partial charge in [-0.05, 0) is 43.9 Å². The van der Waals surface area contributed by atoms with Crippen LogP contribution in [0.25, 0.3) is 0 Å². The molecule has 0 aromatic heterocycles. The number of benzene rings is 1. The SMILES string of the molecule is O=C(Nc1cc(F)cc(C(F)(F)F)c1)N1CCC(C(=O)N2CCCC2)CC1. The minimum atomic E-state index is -4.70. The zero-order valence-corrected chi connectivity index (χ0v) is 14.7. The van der Waals surface area contributed by atoms with Crippen LogP contribution in [0.4, 0.5) is 28.0 Å². The summed E-state index contributed by atoms with van der Waals surface area (Å²) in [7, 11) is 0. The molecule has 3 rings (SSSR count). The first-order valence-electron chi connectivity index (χ1n) is 8.96. The van der Waals surface area contributed by atoms with Gasteiger partial charge in [0.1, 0.15) is 5.82 Å². The number of nitrogens with zero attached hydrogens (tertiary/aromatic N) is 2. The Balaban J connectivity index is 1.57. The first-order valence-corrected chi connectivity index (χ1v) is 8.96. The summed E-state index contributed by atoms with van der Waals surface area (Å²) in [6.45, 7) is 2.22. The van der Waals surface area contributed by atoms with Crippen molar-refractivity contribution in [2.24, 2.45) is 5.92 Å². The van der Waals surface area contributed by atoms with Crippen LogP contribution in [0.15, 0.2) is 18.2 Å². The van der Waals surface area contributed by atoms with Crippen LogP contribution in [0.3, 0.4) is 0 Å². The molecule has 1 N–H and O–H groups in total. The number of nitrogens with one attached hydrogen (secondary N) is 1. The number of hydrogen-bond acceptors (Lipinski definition) is 2. The minimum absolute atomic E-state index is 0.118. The van der Waals surface area contributed by atoms with Crippen LogP contribution >= 0.6 is 0 Å². The van der Waals surface area contributed by atoms with Crippen molar-refractivity contribution in [2.75, 3.05) is 31.5 Å². The molecule has 0 unspecified atom stereocenters. The maximum Gasteiger partial charge on any atom is 0.416 e. The number of alkyl halides is 3. The number of halogens is 4. The lowest BCUT2D eigenvalue weighted by Crippen LogP contribution is -2.45. The predicted octanol–water partition coefficient (Wildman–Crippen LogP) is 3.71. The van der Waals surface area contributed by atoms with Crippen molar-refractivity contribution in [1.29, 1.82) is 0 Å². The Morgan fingerprint density at radius 3 is 2.19 bits per heavy atom. The number of hydrogen-bond donors (Lipinski definition) is 1. The number of amides is 3. The number of urea groups is 1. The van der Waals surface area contributed by atoms with Gasteiger partial charge in [0, 0.05) is 37.8 Å². The van der Waals surface area contributed by atoms with E-state index < -0.39 is 23.6 Å². The first-order chi connectivity index (χ1) is 12.7. The highest BCUT2D eigenvalue weighted by Crippen LogP contribution is 2.32. The van der Waals surface area contributed by atoms with Crippen LogP contribution in [-0.4, -0.2) is 47.9 Å². The average Bonchev–Trinajstić information content (AvgIpc) is 3.14. The number of carbonyl (C=O) groups is 2. The Morgan fingerprint density at radius 2 is 1.59 bits per heavy atom. The monoisotopic (exact) mass is 387 g/mol. The Kier molecular flexibility index (Phi) is 5.57. The number of likely N-dealkylation sites (tertiary alicyclic amines) is 2. The van der Waals surface area contributed by atoms with Crippen LogP contribution in [-0.2, 0) is 11.0 Å². The van der Waals surface area contributed by atoms with Crippen LogP contribution in [0.2, 0.25) is 0 Å². The van der Waals surface area contributed by atoms with Crippen molar-refractivity contribution < 1.29 is 27.2 Å². The molecule has 27 heavy (non-hydrogen) atoms. The van der Waals surface area contributed by atoms with E-state index in [9.17, 15) is 27.2 Å². The molecule has 0 aliphatic carbocycles. The minimum Gasteiger partial charge on any atom is -0.342 e. The topological polar surface area (TPSA) is 52.7 Å². The van der Waals surface area contributed by atoms with E-state index >= 15 is 0 Å². The Labute approximate surface area is 154 Å². The molecule has 0 saturated carbocycles. The Morgan fingerprint density at radius 1 is 0.963 bits per heavy atom. The fourth-order valence-corrected chi connectivity index (χ4v) is 3.55. The number of carbonyl (C=O) groups excluding carboxylic acids is 2. The van der Waals surface area contributed by atoms with Crippen molar-refractivity contribution in [2.45, 2.75) is 31.9 Å². The lowest BCUT2D eigenvalue weighted by atomic mass is 9.95. The molecule has 2 fully saturated rings. The standard InChI is InChI=1S/C18H21F4N3O2/c19-14-9-13(18(20,21)22)10-15(11-14)23-17(27)25-7-3-12(4-8-25)16(26)24-5-1-2-6-24/h9-12H,1-8H2,(H,23,27). The molecular weight excluding hydrogens is 366 g/mol. The zero-order chi connectivity index (χ0) is 19.6. The van der Waals surface area contributed by atoms with E-state index in [1.54, 1.807) is 0 Å². The largest absolute Gasteiger partial charge is 0.416 e. The predicted molar refractivity (Wildman–Crippen MR) is 90.5 cm³/mol. The third-order valence-corrected chi connectivity index (χ3v) is 5.03. The van der Waals surface area contributed by atoms with Crippen LogP contribution in [0.1, 0.15) is 31.2 Å². The second-order valence-electron chi connectivity index (χ2n) is 6.95. The molecule has 3 amide bonds. The van der Waals surface area contributed by atoms with Gasteiger partial charge in [-0.2, -0.15) is 13.2 Å². The molecule has 1 aromatic rings. The molecule has 0 atom stereocenters. The summed E-state index contributed by atoms with van der Waals surface area (Å²) in [4.78, 5) is 28.0. The molecule has 9 heteroatoms. The first kappa shape index (κ1) is 19.4. The summed E-state index contributed by atoms with van der Waals surface area (Å²) in [5.41, 5.74) is -1.41. The maximum atomic E-state index is 13.4. The van der Waals surface area contributed by atoms with E-state index in [0.717, 1.165) is 32.0 Å². The molecule has 2 aliphatic heterocycles. The van der Waals surface area contributed by atoms with Gasteiger partial charge in [-0.25, -0.2) is 9.18 Å². The van der Waals surface area contributed by atoms with Gasteiger partial charge in [-0.1, -0.05) is 0 Å². The fourth-order valence-electron chi connectivity index (χ4n) is 3.55. The summed E-state index contributed by atoms with van der Waals surface area (Å²) in [5.74, 6) is -1.08. The average molecular weight is 387 g/mol. The van der Waals surface area contributed by atoms with Gasteiger partial charge in [0.15, 0.2) is 0 Å². The normalized spacial score (nSPS) is 18.7. The second-order valence-corrected chi connectivity index (χ2v) is 6.95. The molecule has 1 aromatic carbocycles. The quantitative estimate of drug-likeness (QED) is 0.787. The third kappa shape index (κ3) is 4.70. The van der Waals surface area contributed by atoms with E-state index in [1.807, 2.05) is 4.90 Å². The molecule has 2 aliphatic rings. The summed E-state index contributed by atoms with van der Waals surface area (Å²) >= 11 is 0. The highest BCUT2D eigenvalue weighted by Gasteiger charge is 2.33. The van der Waals surface area contributed by atoms with E-state index in [1.165, 1.54) is 4.90 Å². The van der Waals surface area contributed by atoms with E-state index in [4.69, 9.17) is 0 Å². The van der Waals surface area contributed by atoms with Crippen LogP contribution in [0.5, 0.6) is 0 Å². The second kappa shape index (κ2) is 7.74. The van der Waals surface area contributed by atoms with Gasteiger partial charge in [-0.15, -0.1) is 0 Å². The van der Waals surface area contributed by atoms with Crippen molar-refractivity contribution in [3.63, 3.8) is 0 Å². The number of rotatable bonds is 2. The van der Waals surface area contributed by atoms with E-state index in [0.29, 0.717) is 38.1 Å². The maximum absolute atomic E-state index is 13.4. The highest BCUT2D eigenvalue weighted by atomic mass is 19.4. The van der Waals surface area contributed by atoms with Crippen LogP contribution < -0.4 is 5.32 Å². The van der Waals surface area contributed by atoms with E-state index in [2.05, 4.69) is 5.32 Å². The molecular formula is C18H21F4N3O2. The van der Waals surface area contributed by atoms with Gasteiger partial charge < -0.3 is 15.1 Å². The number of piperidine rings is 1. The summed E-state index contributed by atoms with van der Waals surface area (Å²) in [6.07, 6.45) is -1.64. The van der Waals surface area contributed by atoms with Gasteiger partial charge >= 0.3 is 12.2 Å². The Hall–Kier alpha value is -2.32. The van der Waals surface area contributed by atoms with Gasteiger partial charge in [0.25, 0.3) is 0 Å². The van der Waals surface area contributed by atoms with Crippen molar-refractivity contribution in [3.05, 3.63) is 29.6 Å². The smallest absolute Gasteiger partial charge is 0.342 e. The third-order valence-electron chi connectivity index (χ3n) is 5.03. The van der Waals surface area contributed by atoms with Crippen molar-refractivity contribution in [1.82, 2.24) is 9.80 Å². The molecule has 5 nitrogen and oxygen atoms in total. The summed E-state index contributed by atoms with van der Waals surface area (Å²) < 4.78 is 51.7. The van der Waals surface area contributed by atoms with Gasteiger partial charge in [0.2, 0.25) is 5.91 Å². The molecule has 148 valence electrons. The fraction of sp³-hybridized carbons (Fsp3) is 0.556. The summed E-state index contributed by atoms with van der Waals surface area (Å²) in [5, 5.41) is 2.32. The summed E-state index contributed by atoms with van der Waals surface area (Å²) in [6, 6.07) is 1.33. The molecule has 0 spiro atoms. The number of anilines is 1. The lowest BCUT2D eigenvalue weighted by Gasteiger charge is -2.33. The molecule has 0 radical (unpaired) electrons. The molecule has 2 heterocycles. The Bertz CT molecular complexity index is 709. The van der Waals surface area contributed by atoms with Crippen molar-refractivity contribution in [3.8, 4) is 0 Å². The zero-order valence-electron chi connectivity index (χ0n) is 14.7. The van der Waals surface area contributed by atoms with Crippen molar-refractivity contribution >= 4 is 17.6 Å².